The summed E-state index contributed by atoms with van der Waals surface area (Å²) >= 11 is 0. The first kappa shape index (κ1) is 21.0. The van der Waals surface area contributed by atoms with Gasteiger partial charge in [-0.3, -0.25) is 0 Å². The average molecular weight is 421 g/mol. The molecule has 0 amide bonds. The van der Waals surface area contributed by atoms with E-state index < -0.39 is 0 Å². The molecule has 0 unspecified atom stereocenters. The smallest absolute Gasteiger partial charge is 0.128 e. The van der Waals surface area contributed by atoms with Gasteiger partial charge in [-0.2, -0.15) is 0 Å². The zero-order chi connectivity index (χ0) is 21.8. The van der Waals surface area contributed by atoms with Gasteiger partial charge in [-0.15, -0.1) is 0 Å². The molecule has 1 aliphatic rings. The molecule has 0 saturated heterocycles. The van der Waals surface area contributed by atoms with E-state index in [0.717, 1.165) is 36.9 Å². The minimum absolute atomic E-state index is 0.236. The Bertz CT molecular complexity index is 1080. The van der Waals surface area contributed by atoms with Crippen molar-refractivity contribution in [2.24, 2.45) is 0 Å². The highest BCUT2D eigenvalue weighted by Gasteiger charge is 2.22. The molecule has 0 spiro atoms. The quantitative estimate of drug-likeness (QED) is 0.469. The van der Waals surface area contributed by atoms with Crippen LogP contribution in [-0.4, -0.2) is 12.8 Å². The van der Waals surface area contributed by atoms with Crippen molar-refractivity contribution in [2.75, 3.05) is 16.8 Å². The molecule has 0 bridgehead atoms. The maximum absolute atomic E-state index is 14.3. The Hall–Kier alpha value is -3.21. The molecule has 4 rings (SSSR count). The number of anilines is 3. The summed E-state index contributed by atoms with van der Waals surface area (Å²) in [7, 11) is 0. The second kappa shape index (κ2) is 9.29. The lowest BCUT2D eigenvalue weighted by atomic mass is 9.94. The minimum atomic E-state index is -0.295. The monoisotopic (exact) mass is 420 g/mol. The van der Waals surface area contributed by atoms with Crippen LogP contribution in [0.4, 0.5) is 25.8 Å². The van der Waals surface area contributed by atoms with Crippen molar-refractivity contribution in [1.29, 1.82) is 0 Å². The van der Waals surface area contributed by atoms with Crippen molar-refractivity contribution in [3.05, 3.63) is 88.5 Å². The molecule has 5 heteroatoms. The number of aldehydes is 1. The molecule has 3 aromatic rings. The maximum atomic E-state index is 14.3. The summed E-state index contributed by atoms with van der Waals surface area (Å²) in [6.45, 7) is 3.58. The Morgan fingerprint density at radius 1 is 1.03 bits per heavy atom. The number of carbonyl (C=O) groups excluding carboxylic acids is 1. The molecule has 0 saturated carbocycles. The summed E-state index contributed by atoms with van der Waals surface area (Å²) in [5, 5.41) is 3.32. The van der Waals surface area contributed by atoms with E-state index >= 15 is 0 Å². The van der Waals surface area contributed by atoms with Gasteiger partial charge in [0.05, 0.1) is 0 Å². The third-order valence-corrected chi connectivity index (χ3v) is 5.93. The largest absolute Gasteiger partial charge is 0.381 e. The third-order valence-electron chi connectivity index (χ3n) is 5.93. The van der Waals surface area contributed by atoms with Crippen LogP contribution in [0, 0.1) is 18.6 Å². The minimum Gasteiger partial charge on any atom is -0.381 e. The van der Waals surface area contributed by atoms with Gasteiger partial charge in [0.15, 0.2) is 0 Å². The molecule has 0 aliphatic carbocycles. The number of carbonyl (C=O) groups is 1. The van der Waals surface area contributed by atoms with Gasteiger partial charge in [-0.05, 0) is 84.8 Å². The lowest BCUT2D eigenvalue weighted by molar-refractivity contribution is -0.107. The summed E-state index contributed by atoms with van der Waals surface area (Å²) < 4.78 is 27.7. The van der Waals surface area contributed by atoms with E-state index in [4.69, 9.17) is 0 Å². The molecular formula is C26H26F2N2O. The van der Waals surface area contributed by atoms with E-state index in [0.29, 0.717) is 30.6 Å². The van der Waals surface area contributed by atoms with Crippen molar-refractivity contribution in [3.8, 4) is 0 Å². The van der Waals surface area contributed by atoms with Gasteiger partial charge in [0, 0.05) is 36.6 Å². The van der Waals surface area contributed by atoms with Crippen LogP contribution in [0.25, 0.3) is 0 Å². The molecule has 0 radical (unpaired) electrons. The normalized spacial score (nSPS) is 13.1. The first-order chi connectivity index (χ1) is 15.1. The van der Waals surface area contributed by atoms with Crippen LogP contribution in [0.15, 0.2) is 54.6 Å². The summed E-state index contributed by atoms with van der Waals surface area (Å²) in [5.41, 5.74) is 7.05. The van der Waals surface area contributed by atoms with Crippen molar-refractivity contribution in [1.82, 2.24) is 0 Å². The van der Waals surface area contributed by atoms with Gasteiger partial charge in [-0.1, -0.05) is 18.2 Å². The zero-order valence-corrected chi connectivity index (χ0v) is 17.6. The molecule has 31 heavy (non-hydrogen) atoms. The summed E-state index contributed by atoms with van der Waals surface area (Å²) in [6, 6.07) is 16.0. The van der Waals surface area contributed by atoms with Gasteiger partial charge in [0.1, 0.15) is 17.9 Å². The standard InChI is InChI=1S/C26H26F2N2O/c1-18-21(17-29-23-11-8-19(5-3-15-31)25(28)16-23)7-6-20-4-2-14-30(26(18)20)24-12-9-22(27)10-13-24/h6-13,15-16,29H,2-5,14,17H2,1H3. The van der Waals surface area contributed by atoms with Crippen LogP contribution < -0.4 is 10.2 Å². The Labute approximate surface area is 181 Å². The Morgan fingerprint density at radius 3 is 2.55 bits per heavy atom. The molecule has 3 nitrogen and oxygen atoms in total. The van der Waals surface area contributed by atoms with Crippen LogP contribution >= 0.6 is 0 Å². The maximum Gasteiger partial charge on any atom is 0.128 e. The Kier molecular flexibility index (Phi) is 6.31. The molecule has 3 aromatic carbocycles. The van der Waals surface area contributed by atoms with Gasteiger partial charge < -0.3 is 15.0 Å². The highest BCUT2D eigenvalue weighted by molar-refractivity contribution is 5.72. The van der Waals surface area contributed by atoms with E-state index in [2.05, 4.69) is 29.3 Å². The molecule has 160 valence electrons. The number of benzene rings is 3. The number of hydrogen-bond acceptors (Lipinski definition) is 3. The van der Waals surface area contributed by atoms with Crippen LogP contribution in [0.3, 0.4) is 0 Å². The summed E-state index contributed by atoms with van der Waals surface area (Å²) in [4.78, 5) is 12.8. The van der Waals surface area contributed by atoms with Gasteiger partial charge >= 0.3 is 0 Å². The van der Waals surface area contributed by atoms with Crippen molar-refractivity contribution >= 4 is 23.3 Å². The first-order valence-corrected chi connectivity index (χ1v) is 10.7. The molecule has 0 atom stereocenters. The third kappa shape index (κ3) is 4.61. The molecule has 1 N–H and O–H groups in total. The van der Waals surface area contributed by atoms with Gasteiger partial charge in [0.2, 0.25) is 0 Å². The molecule has 0 aromatic heterocycles. The fraction of sp³-hybridized carbons (Fsp3) is 0.269. The fourth-order valence-electron chi connectivity index (χ4n) is 4.26. The van der Waals surface area contributed by atoms with Crippen LogP contribution in [-0.2, 0) is 24.2 Å². The van der Waals surface area contributed by atoms with Crippen LogP contribution in [0.5, 0.6) is 0 Å². The predicted molar refractivity (Wildman–Crippen MR) is 121 cm³/mol. The van der Waals surface area contributed by atoms with Gasteiger partial charge in [0.25, 0.3) is 0 Å². The number of nitrogens with one attached hydrogen (secondary N) is 1. The predicted octanol–water partition coefficient (Wildman–Crippen LogP) is 6.10. The van der Waals surface area contributed by atoms with Crippen molar-refractivity contribution < 1.29 is 13.6 Å². The van der Waals surface area contributed by atoms with E-state index in [1.54, 1.807) is 6.07 Å². The average Bonchev–Trinajstić information content (AvgIpc) is 2.78. The van der Waals surface area contributed by atoms with Crippen molar-refractivity contribution in [3.63, 3.8) is 0 Å². The first-order valence-electron chi connectivity index (χ1n) is 10.7. The highest BCUT2D eigenvalue weighted by atomic mass is 19.1. The van der Waals surface area contributed by atoms with E-state index in [-0.39, 0.29) is 11.6 Å². The van der Waals surface area contributed by atoms with Gasteiger partial charge in [-0.25, -0.2) is 8.78 Å². The Balaban J connectivity index is 1.55. The number of aryl methyl sites for hydroxylation is 2. The van der Waals surface area contributed by atoms with Crippen molar-refractivity contribution in [2.45, 2.75) is 39.2 Å². The summed E-state index contributed by atoms with van der Waals surface area (Å²) in [6.07, 6.45) is 3.62. The van der Waals surface area contributed by atoms with Crippen LogP contribution in [0.2, 0.25) is 0 Å². The lowest BCUT2D eigenvalue weighted by Crippen LogP contribution is -2.26. The molecular weight excluding hydrogens is 394 g/mol. The second-order valence-electron chi connectivity index (χ2n) is 7.95. The number of nitrogens with zero attached hydrogens (tertiary/aromatic N) is 1. The van der Waals surface area contributed by atoms with Crippen LogP contribution in [0.1, 0.15) is 35.1 Å². The Morgan fingerprint density at radius 2 is 1.81 bits per heavy atom. The van der Waals surface area contributed by atoms with E-state index in [1.165, 1.54) is 35.0 Å². The van der Waals surface area contributed by atoms with E-state index in [1.807, 2.05) is 18.2 Å². The highest BCUT2D eigenvalue weighted by Crippen LogP contribution is 2.37. The lowest BCUT2D eigenvalue weighted by Gasteiger charge is -2.34. The number of fused-ring (bicyclic) bond motifs is 1. The molecule has 1 aliphatic heterocycles. The van der Waals surface area contributed by atoms with E-state index in [9.17, 15) is 13.6 Å². The number of halogens is 2. The fourth-order valence-corrected chi connectivity index (χ4v) is 4.26. The topological polar surface area (TPSA) is 32.3 Å². The molecule has 1 heterocycles. The number of rotatable bonds is 7. The molecule has 0 fully saturated rings. The number of hydrogen-bond donors (Lipinski definition) is 1. The SMILES string of the molecule is Cc1c(CNc2ccc(CCC=O)c(F)c2)ccc2c1N(c1ccc(F)cc1)CCC2. The zero-order valence-electron chi connectivity index (χ0n) is 17.6. The summed E-state index contributed by atoms with van der Waals surface area (Å²) in [5.74, 6) is -0.531. The second-order valence-corrected chi connectivity index (χ2v) is 7.95.